The normalized spacial score (nSPS) is 11.1. The standard InChI is InChI=1S/C23H24N4OS2/c1-17-9-10-20-22(18(17)2)25-23(30-20)27(13-6-12-26-14-11-24-16-26)21(28)15-29-19-7-4-3-5-8-19/h3-5,7-11,14,16H,6,12-13,15H2,1-2H3. The minimum Gasteiger partial charge on any atom is -0.337 e. The van der Waals surface area contributed by atoms with Crippen LogP contribution in [0.5, 0.6) is 0 Å². The number of imidazole rings is 1. The highest BCUT2D eigenvalue weighted by Gasteiger charge is 2.20. The number of anilines is 1. The van der Waals surface area contributed by atoms with Crippen molar-refractivity contribution < 1.29 is 4.79 Å². The van der Waals surface area contributed by atoms with Gasteiger partial charge in [-0.15, -0.1) is 11.8 Å². The van der Waals surface area contributed by atoms with Crippen molar-refractivity contribution in [2.24, 2.45) is 0 Å². The largest absolute Gasteiger partial charge is 0.337 e. The van der Waals surface area contributed by atoms with E-state index in [4.69, 9.17) is 4.98 Å². The zero-order valence-corrected chi connectivity index (χ0v) is 18.7. The van der Waals surface area contributed by atoms with Gasteiger partial charge in [-0.3, -0.25) is 9.69 Å². The minimum absolute atomic E-state index is 0.0860. The lowest BCUT2D eigenvalue weighted by atomic mass is 10.1. The first-order chi connectivity index (χ1) is 14.6. The van der Waals surface area contributed by atoms with Crippen LogP contribution >= 0.6 is 23.1 Å². The summed E-state index contributed by atoms with van der Waals surface area (Å²) in [4.78, 5) is 25.1. The summed E-state index contributed by atoms with van der Waals surface area (Å²) in [6.07, 6.45) is 6.37. The van der Waals surface area contributed by atoms with Gasteiger partial charge in [-0.2, -0.15) is 0 Å². The predicted molar refractivity (Wildman–Crippen MR) is 125 cm³/mol. The fourth-order valence-corrected chi connectivity index (χ4v) is 5.09. The molecule has 1 amide bonds. The molecule has 0 aliphatic heterocycles. The van der Waals surface area contributed by atoms with Crippen LogP contribution in [0.3, 0.4) is 0 Å². The van der Waals surface area contributed by atoms with Gasteiger partial charge in [0.25, 0.3) is 0 Å². The Labute approximate surface area is 184 Å². The van der Waals surface area contributed by atoms with Crippen LogP contribution in [0.15, 0.2) is 66.1 Å². The average Bonchev–Trinajstić information content (AvgIpc) is 3.43. The van der Waals surface area contributed by atoms with Crippen molar-refractivity contribution in [3.8, 4) is 0 Å². The van der Waals surface area contributed by atoms with Gasteiger partial charge in [0, 0.05) is 30.4 Å². The molecule has 0 radical (unpaired) electrons. The molecule has 0 spiro atoms. The van der Waals surface area contributed by atoms with Gasteiger partial charge in [-0.05, 0) is 49.6 Å². The van der Waals surface area contributed by atoms with E-state index in [1.54, 1.807) is 35.6 Å². The summed E-state index contributed by atoms with van der Waals surface area (Å²) in [5.74, 6) is 0.478. The van der Waals surface area contributed by atoms with E-state index < -0.39 is 0 Å². The lowest BCUT2D eigenvalue weighted by molar-refractivity contribution is -0.116. The Kier molecular flexibility index (Phi) is 6.50. The number of nitrogens with zero attached hydrogens (tertiary/aromatic N) is 4. The summed E-state index contributed by atoms with van der Waals surface area (Å²) in [6.45, 7) is 5.64. The molecule has 0 aliphatic rings. The van der Waals surface area contributed by atoms with E-state index in [1.807, 2.05) is 46.0 Å². The van der Waals surface area contributed by atoms with Crippen LogP contribution in [-0.4, -0.2) is 32.7 Å². The Hall–Kier alpha value is -2.64. The highest BCUT2D eigenvalue weighted by atomic mass is 32.2. The number of thiazole rings is 1. The predicted octanol–water partition coefficient (Wildman–Crippen LogP) is 5.33. The Morgan fingerprint density at radius 1 is 1.17 bits per heavy atom. The van der Waals surface area contributed by atoms with Crippen molar-refractivity contribution in [3.05, 3.63) is 72.3 Å². The first-order valence-corrected chi connectivity index (χ1v) is 11.7. The second-order valence-corrected chi connectivity index (χ2v) is 9.21. The molecule has 0 saturated carbocycles. The Balaban J connectivity index is 1.54. The molecule has 2 heterocycles. The van der Waals surface area contributed by atoms with Gasteiger partial charge in [0.05, 0.1) is 22.3 Å². The van der Waals surface area contributed by atoms with E-state index >= 15 is 0 Å². The van der Waals surface area contributed by atoms with Gasteiger partial charge in [0.2, 0.25) is 5.91 Å². The fraction of sp³-hybridized carbons (Fsp3) is 0.261. The summed E-state index contributed by atoms with van der Waals surface area (Å²) in [5.41, 5.74) is 3.40. The smallest absolute Gasteiger partial charge is 0.239 e. The van der Waals surface area contributed by atoms with E-state index in [2.05, 4.69) is 31.0 Å². The number of carbonyl (C=O) groups excluding carboxylic acids is 1. The fourth-order valence-electron chi connectivity index (χ4n) is 3.23. The molecule has 0 atom stereocenters. The van der Waals surface area contributed by atoms with Crippen LogP contribution in [0.1, 0.15) is 17.5 Å². The molecule has 0 unspecified atom stereocenters. The number of hydrogen-bond acceptors (Lipinski definition) is 5. The number of thioether (sulfide) groups is 1. The van der Waals surface area contributed by atoms with Crippen molar-refractivity contribution in [2.45, 2.75) is 31.7 Å². The molecular weight excluding hydrogens is 412 g/mol. The van der Waals surface area contributed by atoms with Crippen LogP contribution in [0.25, 0.3) is 10.2 Å². The monoisotopic (exact) mass is 436 g/mol. The second-order valence-electron chi connectivity index (χ2n) is 7.15. The quantitative estimate of drug-likeness (QED) is 0.351. The molecular formula is C23H24N4OS2. The number of carbonyl (C=O) groups is 1. The number of amides is 1. The van der Waals surface area contributed by atoms with Crippen LogP contribution in [0.4, 0.5) is 5.13 Å². The molecule has 0 aliphatic carbocycles. The number of aromatic nitrogens is 3. The Morgan fingerprint density at radius 3 is 2.77 bits per heavy atom. The molecule has 7 heteroatoms. The summed E-state index contributed by atoms with van der Waals surface area (Å²) in [6, 6.07) is 14.3. The van der Waals surface area contributed by atoms with E-state index in [9.17, 15) is 4.79 Å². The molecule has 154 valence electrons. The van der Waals surface area contributed by atoms with Crippen molar-refractivity contribution >= 4 is 44.4 Å². The number of benzene rings is 2. The summed E-state index contributed by atoms with van der Waals surface area (Å²) in [7, 11) is 0. The van der Waals surface area contributed by atoms with Crippen molar-refractivity contribution in [1.82, 2.24) is 14.5 Å². The van der Waals surface area contributed by atoms with Crippen molar-refractivity contribution in [2.75, 3.05) is 17.2 Å². The number of aryl methyl sites for hydroxylation is 3. The van der Waals surface area contributed by atoms with Gasteiger partial charge in [-0.1, -0.05) is 35.6 Å². The van der Waals surface area contributed by atoms with Crippen LogP contribution in [0.2, 0.25) is 0 Å². The van der Waals surface area contributed by atoms with E-state index in [1.165, 1.54) is 11.1 Å². The second kappa shape index (κ2) is 9.45. The van der Waals surface area contributed by atoms with Gasteiger partial charge in [0.15, 0.2) is 5.13 Å². The maximum Gasteiger partial charge on any atom is 0.239 e. The molecule has 30 heavy (non-hydrogen) atoms. The molecule has 0 N–H and O–H groups in total. The topological polar surface area (TPSA) is 51.0 Å². The first-order valence-electron chi connectivity index (χ1n) is 9.92. The summed E-state index contributed by atoms with van der Waals surface area (Å²) in [5, 5.41) is 0.781. The van der Waals surface area contributed by atoms with Gasteiger partial charge >= 0.3 is 0 Å². The Morgan fingerprint density at radius 2 is 2.00 bits per heavy atom. The number of fused-ring (bicyclic) bond motifs is 1. The molecule has 2 aromatic heterocycles. The first kappa shape index (κ1) is 20.6. The molecule has 0 fully saturated rings. The number of hydrogen-bond donors (Lipinski definition) is 0. The van der Waals surface area contributed by atoms with Crippen molar-refractivity contribution in [1.29, 1.82) is 0 Å². The molecule has 0 saturated heterocycles. The minimum atomic E-state index is 0.0860. The van der Waals surface area contributed by atoms with Crippen LogP contribution in [0, 0.1) is 13.8 Å². The zero-order valence-electron chi connectivity index (χ0n) is 17.1. The maximum absolute atomic E-state index is 13.2. The molecule has 4 rings (SSSR count). The van der Waals surface area contributed by atoms with Gasteiger partial charge in [-0.25, -0.2) is 9.97 Å². The van der Waals surface area contributed by atoms with Crippen LogP contribution < -0.4 is 4.90 Å². The third-order valence-electron chi connectivity index (χ3n) is 5.07. The maximum atomic E-state index is 13.2. The average molecular weight is 437 g/mol. The Bertz CT molecular complexity index is 1120. The van der Waals surface area contributed by atoms with Gasteiger partial charge in [0.1, 0.15) is 0 Å². The van der Waals surface area contributed by atoms with E-state index in [0.717, 1.165) is 33.2 Å². The van der Waals surface area contributed by atoms with E-state index in [-0.39, 0.29) is 5.91 Å². The lowest BCUT2D eigenvalue weighted by Crippen LogP contribution is -2.33. The molecule has 5 nitrogen and oxygen atoms in total. The highest BCUT2D eigenvalue weighted by Crippen LogP contribution is 2.32. The van der Waals surface area contributed by atoms with E-state index in [0.29, 0.717) is 12.3 Å². The number of rotatable bonds is 8. The SMILES string of the molecule is Cc1ccc2sc(N(CCCn3ccnc3)C(=O)CSc3ccccc3)nc2c1C. The third kappa shape index (κ3) is 4.74. The molecule has 2 aromatic carbocycles. The third-order valence-corrected chi connectivity index (χ3v) is 7.11. The van der Waals surface area contributed by atoms with Crippen molar-refractivity contribution in [3.63, 3.8) is 0 Å². The summed E-state index contributed by atoms with van der Waals surface area (Å²) >= 11 is 3.16. The van der Waals surface area contributed by atoms with Gasteiger partial charge < -0.3 is 4.57 Å². The highest BCUT2D eigenvalue weighted by molar-refractivity contribution is 8.00. The summed E-state index contributed by atoms with van der Waals surface area (Å²) < 4.78 is 3.16. The molecule has 0 bridgehead atoms. The van der Waals surface area contributed by atoms with Crippen LogP contribution in [-0.2, 0) is 11.3 Å². The lowest BCUT2D eigenvalue weighted by Gasteiger charge is -2.20. The zero-order chi connectivity index (χ0) is 20.9. The molecule has 4 aromatic rings.